The molecule has 1 N–H and O–H groups in total. The molecule has 0 radical (unpaired) electrons. The van der Waals surface area contributed by atoms with Crippen molar-refractivity contribution in [1.82, 2.24) is 0 Å². The summed E-state index contributed by atoms with van der Waals surface area (Å²) in [7, 11) is 1.46. The van der Waals surface area contributed by atoms with E-state index in [0.29, 0.717) is 17.4 Å². The number of hydrogen-bond acceptors (Lipinski definition) is 7. The molecule has 0 spiro atoms. The Morgan fingerprint density at radius 1 is 0.478 bits per heavy atom. The molecule has 0 fully saturated rings. The highest BCUT2D eigenvalue weighted by Crippen LogP contribution is 2.43. The summed E-state index contributed by atoms with van der Waals surface area (Å²) in [4.78, 5) is 35.6. The zero-order valence-electron chi connectivity index (χ0n) is 44.1. The van der Waals surface area contributed by atoms with Gasteiger partial charge in [0.1, 0.15) is 19.8 Å². The number of allylic oxidation sites excluding steroid dienone is 10. The van der Waals surface area contributed by atoms with Crippen LogP contribution in [0, 0.1) is 0 Å². The molecule has 67 heavy (non-hydrogen) atoms. The highest BCUT2D eigenvalue weighted by Gasteiger charge is 2.27. The molecule has 0 bridgehead atoms. The lowest BCUT2D eigenvalue weighted by Gasteiger charge is -2.24. The smallest absolute Gasteiger partial charge is 0.462 e. The summed E-state index contributed by atoms with van der Waals surface area (Å²) >= 11 is 0. The second-order valence-corrected chi connectivity index (χ2v) is 21.0. The summed E-state index contributed by atoms with van der Waals surface area (Å²) in [5, 5.41) is 0. The first-order valence-corrected chi connectivity index (χ1v) is 29.0. The Labute approximate surface area is 413 Å². The first kappa shape index (κ1) is 64.7. The first-order chi connectivity index (χ1) is 32.5. The summed E-state index contributed by atoms with van der Waals surface area (Å²) in [6.07, 6.45) is 61.4. The molecular formula is C57H105NO8P+. The summed E-state index contributed by atoms with van der Waals surface area (Å²) in [6, 6.07) is 0. The molecule has 0 saturated heterocycles. The van der Waals surface area contributed by atoms with E-state index in [0.717, 1.165) is 83.5 Å². The summed E-state index contributed by atoms with van der Waals surface area (Å²) < 4.78 is 34.5. The summed E-state index contributed by atoms with van der Waals surface area (Å²) in [5.74, 6) is -0.813. The standard InChI is InChI=1S/C57H104NO8P/c1-6-8-10-12-14-16-18-20-22-24-26-28-30-31-33-35-37-39-41-43-45-47-49-56(59)63-53-55(54-65-67(61,62)64-52-51-58(3,4)5)66-57(60)50-48-46-44-42-40-38-36-34-32-29-27-25-23-21-19-17-15-13-11-9-7-2/h9,11,15,17,21,23,27,29,34,36,55H,6-8,10,12-14,16,18-20,22,24-26,28,30-33,35,37-54H2,1-5H3/p+1/b11-9-,17-15-,23-21-,29-27-,36-34-. The molecule has 0 amide bonds. The van der Waals surface area contributed by atoms with Gasteiger partial charge < -0.3 is 18.9 Å². The van der Waals surface area contributed by atoms with Crippen LogP contribution in [-0.2, 0) is 32.7 Å². The van der Waals surface area contributed by atoms with E-state index < -0.39 is 26.5 Å². The average Bonchev–Trinajstić information content (AvgIpc) is 3.29. The molecule has 0 aliphatic carbocycles. The Balaban J connectivity index is 4.23. The Kier molecular flexibility index (Phi) is 47.1. The minimum atomic E-state index is -4.39. The number of quaternary nitrogens is 1. The van der Waals surface area contributed by atoms with E-state index >= 15 is 0 Å². The molecule has 0 aromatic carbocycles. The number of carbonyl (C=O) groups is 2. The summed E-state index contributed by atoms with van der Waals surface area (Å²) in [6.45, 7) is 4.32. The van der Waals surface area contributed by atoms with Gasteiger partial charge in [0.15, 0.2) is 6.10 Å². The highest BCUT2D eigenvalue weighted by atomic mass is 31.2. The van der Waals surface area contributed by atoms with Crippen molar-refractivity contribution in [2.75, 3.05) is 47.5 Å². The number of phosphoric acid groups is 1. The molecule has 2 atom stereocenters. The minimum Gasteiger partial charge on any atom is -0.462 e. The van der Waals surface area contributed by atoms with E-state index in [1.54, 1.807) is 0 Å². The van der Waals surface area contributed by atoms with Gasteiger partial charge in [-0.3, -0.25) is 18.6 Å². The maximum Gasteiger partial charge on any atom is 0.472 e. The van der Waals surface area contributed by atoms with Crippen molar-refractivity contribution in [2.24, 2.45) is 0 Å². The minimum absolute atomic E-state index is 0.0264. The van der Waals surface area contributed by atoms with Gasteiger partial charge in [-0.1, -0.05) is 229 Å². The SMILES string of the molecule is CC/C=C\C/C=C\C/C=C\C/C=C\C/C=C\CCCCCCCC(=O)OC(COC(=O)CCCCCCCCCCCCCCCCCCCCCCCC)COP(=O)(O)OCC[N+](C)(C)C. The van der Waals surface area contributed by atoms with Gasteiger partial charge in [0, 0.05) is 12.8 Å². The number of likely N-dealkylation sites (N-methyl/N-ethyl adjacent to an activating group) is 1. The number of rotatable bonds is 50. The third kappa shape index (κ3) is 52.9. The van der Waals surface area contributed by atoms with Gasteiger partial charge in [-0.15, -0.1) is 0 Å². The fourth-order valence-corrected chi connectivity index (χ4v) is 8.31. The summed E-state index contributed by atoms with van der Waals surface area (Å²) in [5.41, 5.74) is 0. The Hall–Kier alpha value is -2.29. The van der Waals surface area contributed by atoms with E-state index in [-0.39, 0.29) is 32.0 Å². The van der Waals surface area contributed by atoms with Crippen LogP contribution in [0.1, 0.15) is 239 Å². The van der Waals surface area contributed by atoms with Gasteiger partial charge in [-0.2, -0.15) is 0 Å². The van der Waals surface area contributed by atoms with E-state index in [1.807, 2.05) is 21.1 Å². The van der Waals surface area contributed by atoms with Crippen molar-refractivity contribution in [1.29, 1.82) is 0 Å². The van der Waals surface area contributed by atoms with Gasteiger partial charge in [0.2, 0.25) is 0 Å². The van der Waals surface area contributed by atoms with E-state index in [9.17, 15) is 19.0 Å². The van der Waals surface area contributed by atoms with Crippen LogP contribution < -0.4 is 0 Å². The van der Waals surface area contributed by atoms with Crippen LogP contribution in [0.5, 0.6) is 0 Å². The predicted molar refractivity (Wildman–Crippen MR) is 284 cm³/mol. The number of unbranched alkanes of at least 4 members (excludes halogenated alkanes) is 26. The number of hydrogen-bond donors (Lipinski definition) is 1. The lowest BCUT2D eigenvalue weighted by molar-refractivity contribution is -0.870. The molecule has 9 nitrogen and oxygen atoms in total. The van der Waals surface area contributed by atoms with Crippen molar-refractivity contribution in [3.63, 3.8) is 0 Å². The number of esters is 2. The fraction of sp³-hybridized carbons (Fsp3) is 0.789. The van der Waals surface area contributed by atoms with Gasteiger partial charge in [-0.25, -0.2) is 4.57 Å². The zero-order chi connectivity index (χ0) is 49.2. The van der Waals surface area contributed by atoms with Crippen LogP contribution in [0.25, 0.3) is 0 Å². The molecule has 0 aliphatic heterocycles. The Morgan fingerprint density at radius 2 is 0.851 bits per heavy atom. The van der Waals surface area contributed by atoms with Crippen LogP contribution in [0.3, 0.4) is 0 Å². The number of phosphoric ester groups is 1. The predicted octanol–water partition coefficient (Wildman–Crippen LogP) is 16.8. The second-order valence-electron chi connectivity index (χ2n) is 19.6. The van der Waals surface area contributed by atoms with Crippen LogP contribution in [0.4, 0.5) is 0 Å². The molecule has 0 rings (SSSR count). The van der Waals surface area contributed by atoms with Crippen LogP contribution in [-0.4, -0.2) is 74.9 Å². The van der Waals surface area contributed by atoms with E-state index in [4.69, 9.17) is 18.5 Å². The lowest BCUT2D eigenvalue weighted by Crippen LogP contribution is -2.37. The molecule has 0 saturated carbocycles. The number of ether oxygens (including phenoxy) is 2. The third-order valence-electron chi connectivity index (χ3n) is 11.8. The fourth-order valence-electron chi connectivity index (χ4n) is 7.57. The van der Waals surface area contributed by atoms with Crippen molar-refractivity contribution in [2.45, 2.75) is 245 Å². The molecule has 0 aromatic heterocycles. The topological polar surface area (TPSA) is 108 Å². The Morgan fingerprint density at radius 3 is 1.27 bits per heavy atom. The zero-order valence-corrected chi connectivity index (χ0v) is 45.0. The molecular weight excluding hydrogens is 858 g/mol. The van der Waals surface area contributed by atoms with E-state index in [1.165, 1.54) is 122 Å². The average molecular weight is 963 g/mol. The van der Waals surface area contributed by atoms with Crippen LogP contribution in [0.15, 0.2) is 60.8 Å². The van der Waals surface area contributed by atoms with Gasteiger partial charge in [0.25, 0.3) is 0 Å². The van der Waals surface area contributed by atoms with Gasteiger partial charge in [0.05, 0.1) is 27.7 Å². The third-order valence-corrected chi connectivity index (χ3v) is 12.8. The largest absolute Gasteiger partial charge is 0.472 e. The molecule has 2 unspecified atom stereocenters. The van der Waals surface area contributed by atoms with Crippen molar-refractivity contribution in [3.8, 4) is 0 Å². The van der Waals surface area contributed by atoms with Crippen LogP contribution >= 0.6 is 7.82 Å². The van der Waals surface area contributed by atoms with Gasteiger partial charge >= 0.3 is 19.8 Å². The van der Waals surface area contributed by atoms with E-state index in [2.05, 4.69) is 74.6 Å². The monoisotopic (exact) mass is 963 g/mol. The van der Waals surface area contributed by atoms with Gasteiger partial charge in [-0.05, 0) is 57.8 Å². The maximum atomic E-state index is 12.8. The normalized spacial score (nSPS) is 13.8. The molecule has 10 heteroatoms. The lowest BCUT2D eigenvalue weighted by atomic mass is 10.0. The molecule has 390 valence electrons. The number of carbonyl (C=O) groups excluding carboxylic acids is 2. The highest BCUT2D eigenvalue weighted by molar-refractivity contribution is 7.47. The quantitative estimate of drug-likeness (QED) is 0.0211. The maximum absolute atomic E-state index is 12.8. The van der Waals surface area contributed by atoms with Crippen molar-refractivity contribution < 1.29 is 42.1 Å². The first-order valence-electron chi connectivity index (χ1n) is 27.5. The van der Waals surface area contributed by atoms with Crippen molar-refractivity contribution in [3.05, 3.63) is 60.8 Å². The van der Waals surface area contributed by atoms with Crippen molar-refractivity contribution >= 4 is 19.8 Å². The molecule has 0 heterocycles. The number of nitrogens with zero attached hydrogens (tertiary/aromatic N) is 1. The molecule has 0 aliphatic rings. The molecule has 0 aromatic rings. The Bertz CT molecular complexity index is 1320. The van der Waals surface area contributed by atoms with Crippen LogP contribution in [0.2, 0.25) is 0 Å². The second kappa shape index (κ2) is 48.7.